The number of piperazine rings is 1. The highest BCUT2D eigenvalue weighted by molar-refractivity contribution is 7.89. The van der Waals surface area contributed by atoms with E-state index in [9.17, 15) is 13.2 Å². The first-order valence-corrected chi connectivity index (χ1v) is 8.40. The van der Waals surface area contributed by atoms with Crippen LogP contribution in [0.2, 0.25) is 5.02 Å². The molecular weight excluding hydrogens is 314 g/mol. The largest absolute Gasteiger partial charge is 0.358 e. The summed E-state index contributed by atoms with van der Waals surface area (Å²) in [5, 5.41) is 5.89. The molecule has 0 radical (unpaired) electrons. The highest BCUT2D eigenvalue weighted by atomic mass is 35.5. The maximum absolute atomic E-state index is 12.9. The van der Waals surface area contributed by atoms with Crippen LogP contribution in [0.25, 0.3) is 0 Å². The summed E-state index contributed by atoms with van der Waals surface area (Å²) >= 11 is 5.91. The second kappa shape index (κ2) is 6.31. The van der Waals surface area contributed by atoms with E-state index in [1.54, 1.807) is 19.1 Å². The molecule has 1 fully saturated rings. The number of aryl methyl sites for hydroxylation is 1. The van der Waals surface area contributed by atoms with Gasteiger partial charge in [-0.15, -0.1) is 0 Å². The van der Waals surface area contributed by atoms with Gasteiger partial charge in [0.05, 0.1) is 4.90 Å². The number of nitrogens with zero attached hydrogens (tertiary/aromatic N) is 1. The van der Waals surface area contributed by atoms with Crippen molar-refractivity contribution in [1.29, 1.82) is 0 Å². The number of benzene rings is 1. The quantitative estimate of drug-likeness (QED) is 0.838. The number of hydrogen-bond donors (Lipinski definition) is 2. The summed E-state index contributed by atoms with van der Waals surface area (Å²) < 4.78 is 26.9. The third-order valence-electron chi connectivity index (χ3n) is 3.48. The Labute approximate surface area is 129 Å². The Hall–Kier alpha value is -1.15. The first kappa shape index (κ1) is 16.2. The Balaban J connectivity index is 2.45. The first-order chi connectivity index (χ1) is 9.87. The van der Waals surface area contributed by atoms with Gasteiger partial charge in [-0.05, 0) is 24.6 Å². The van der Waals surface area contributed by atoms with E-state index in [4.69, 9.17) is 11.6 Å². The Kier molecular flexibility index (Phi) is 4.88. The molecule has 21 heavy (non-hydrogen) atoms. The normalized spacial score (nSPS) is 20.2. The van der Waals surface area contributed by atoms with Crippen molar-refractivity contribution >= 4 is 27.5 Å². The highest BCUT2D eigenvalue weighted by Crippen LogP contribution is 2.25. The van der Waals surface area contributed by atoms with Crippen molar-refractivity contribution in [2.75, 3.05) is 26.7 Å². The summed E-state index contributed by atoms with van der Waals surface area (Å²) in [4.78, 5) is 12.1. The van der Waals surface area contributed by atoms with Crippen molar-refractivity contribution < 1.29 is 13.2 Å². The molecule has 2 N–H and O–H groups in total. The standard InChI is InChI=1S/C13H18ClN3O3S/c1-9-3-4-10(14)7-12(9)21(19,20)17-6-5-16-8-11(17)13(18)15-2/h3-4,7,11,16H,5-6,8H2,1-2H3,(H,15,18). The molecule has 1 amide bonds. The monoisotopic (exact) mass is 331 g/mol. The predicted octanol–water partition coefficient (Wildman–Crippen LogP) is 0.357. The second-order valence-corrected chi connectivity index (χ2v) is 7.16. The van der Waals surface area contributed by atoms with Crippen LogP contribution in [0.1, 0.15) is 5.56 Å². The van der Waals surface area contributed by atoms with E-state index in [2.05, 4.69) is 10.6 Å². The summed E-state index contributed by atoms with van der Waals surface area (Å²) in [7, 11) is -2.28. The van der Waals surface area contributed by atoms with Gasteiger partial charge in [-0.1, -0.05) is 17.7 Å². The van der Waals surface area contributed by atoms with Crippen LogP contribution in [0.5, 0.6) is 0 Å². The van der Waals surface area contributed by atoms with Crippen LogP contribution in [0, 0.1) is 6.92 Å². The van der Waals surface area contributed by atoms with Gasteiger partial charge in [-0.3, -0.25) is 4.79 Å². The van der Waals surface area contributed by atoms with Crippen LogP contribution in [-0.4, -0.2) is 51.4 Å². The van der Waals surface area contributed by atoms with Gasteiger partial charge in [0.2, 0.25) is 15.9 Å². The van der Waals surface area contributed by atoms with E-state index in [0.717, 1.165) is 0 Å². The molecule has 1 aromatic rings. The Morgan fingerprint density at radius 3 is 2.86 bits per heavy atom. The van der Waals surface area contributed by atoms with Crippen LogP contribution in [0.15, 0.2) is 23.1 Å². The molecular formula is C13H18ClN3O3S. The van der Waals surface area contributed by atoms with E-state index >= 15 is 0 Å². The molecule has 1 aliphatic rings. The molecule has 1 aromatic carbocycles. The Bertz CT molecular complexity index is 648. The van der Waals surface area contributed by atoms with E-state index < -0.39 is 16.1 Å². The fourth-order valence-electron chi connectivity index (χ4n) is 2.34. The van der Waals surface area contributed by atoms with E-state index in [1.807, 2.05) is 0 Å². The zero-order chi connectivity index (χ0) is 15.6. The van der Waals surface area contributed by atoms with Crippen molar-refractivity contribution in [3.05, 3.63) is 28.8 Å². The number of carbonyl (C=O) groups excluding carboxylic acids is 1. The molecule has 0 bridgehead atoms. The van der Waals surface area contributed by atoms with Crippen molar-refractivity contribution in [1.82, 2.24) is 14.9 Å². The van der Waals surface area contributed by atoms with Crippen molar-refractivity contribution in [2.24, 2.45) is 0 Å². The lowest BCUT2D eigenvalue weighted by molar-refractivity contribution is -0.124. The maximum atomic E-state index is 12.9. The number of halogens is 1. The van der Waals surface area contributed by atoms with Gasteiger partial charge in [0.25, 0.3) is 0 Å². The van der Waals surface area contributed by atoms with E-state index in [1.165, 1.54) is 17.4 Å². The first-order valence-electron chi connectivity index (χ1n) is 6.58. The van der Waals surface area contributed by atoms with Crippen LogP contribution < -0.4 is 10.6 Å². The summed E-state index contributed by atoms with van der Waals surface area (Å²) in [6.07, 6.45) is 0. The molecule has 1 saturated heterocycles. The molecule has 0 saturated carbocycles. The van der Waals surface area contributed by atoms with Gasteiger partial charge in [0, 0.05) is 31.7 Å². The van der Waals surface area contributed by atoms with Gasteiger partial charge in [0.1, 0.15) is 6.04 Å². The molecule has 1 atom stereocenters. The molecule has 0 aromatic heterocycles. The third-order valence-corrected chi connectivity index (χ3v) is 5.77. The molecule has 0 aliphatic carbocycles. The highest BCUT2D eigenvalue weighted by Gasteiger charge is 2.37. The van der Waals surface area contributed by atoms with Gasteiger partial charge in [0.15, 0.2) is 0 Å². The van der Waals surface area contributed by atoms with Crippen LogP contribution in [0.3, 0.4) is 0 Å². The zero-order valence-corrected chi connectivity index (χ0v) is 13.5. The average molecular weight is 332 g/mol. The minimum absolute atomic E-state index is 0.144. The number of likely N-dealkylation sites (N-methyl/N-ethyl adjacent to an activating group) is 1. The van der Waals surface area contributed by atoms with Gasteiger partial charge in [-0.2, -0.15) is 4.31 Å². The van der Waals surface area contributed by atoms with Crippen LogP contribution in [0.4, 0.5) is 0 Å². The van der Waals surface area contributed by atoms with E-state index in [0.29, 0.717) is 23.7 Å². The van der Waals surface area contributed by atoms with Crippen LogP contribution >= 0.6 is 11.6 Å². The number of hydrogen-bond acceptors (Lipinski definition) is 4. The smallest absolute Gasteiger partial charge is 0.244 e. The van der Waals surface area contributed by atoms with Crippen LogP contribution in [-0.2, 0) is 14.8 Å². The summed E-state index contributed by atoms with van der Waals surface area (Å²) in [6.45, 7) is 2.75. The molecule has 1 aliphatic heterocycles. The van der Waals surface area contributed by atoms with Crippen molar-refractivity contribution in [3.8, 4) is 0 Å². The number of rotatable bonds is 3. The Morgan fingerprint density at radius 2 is 2.19 bits per heavy atom. The number of amides is 1. The summed E-state index contributed by atoms with van der Waals surface area (Å²) in [5.41, 5.74) is 0.605. The molecule has 1 unspecified atom stereocenters. The number of nitrogens with one attached hydrogen (secondary N) is 2. The second-order valence-electron chi connectivity index (χ2n) is 4.86. The van der Waals surface area contributed by atoms with Gasteiger partial charge < -0.3 is 10.6 Å². The summed E-state index contributed by atoms with van der Waals surface area (Å²) in [5.74, 6) is -0.328. The van der Waals surface area contributed by atoms with E-state index in [-0.39, 0.29) is 17.3 Å². The zero-order valence-electron chi connectivity index (χ0n) is 11.9. The Morgan fingerprint density at radius 1 is 1.48 bits per heavy atom. The molecule has 0 spiro atoms. The molecule has 8 heteroatoms. The lowest BCUT2D eigenvalue weighted by Gasteiger charge is -2.34. The van der Waals surface area contributed by atoms with Crippen molar-refractivity contribution in [2.45, 2.75) is 17.9 Å². The molecule has 1 heterocycles. The fourth-order valence-corrected chi connectivity index (χ4v) is 4.42. The number of carbonyl (C=O) groups is 1. The average Bonchev–Trinajstić information content (AvgIpc) is 2.48. The predicted molar refractivity (Wildman–Crippen MR) is 80.8 cm³/mol. The third kappa shape index (κ3) is 3.21. The lowest BCUT2D eigenvalue weighted by atomic mass is 10.2. The fraction of sp³-hybridized carbons (Fsp3) is 0.462. The lowest BCUT2D eigenvalue weighted by Crippen LogP contribution is -2.59. The number of sulfonamides is 1. The minimum atomic E-state index is -3.77. The minimum Gasteiger partial charge on any atom is -0.358 e. The SMILES string of the molecule is CNC(=O)C1CNCCN1S(=O)(=O)c1cc(Cl)ccc1C. The van der Waals surface area contributed by atoms with Crippen molar-refractivity contribution in [3.63, 3.8) is 0 Å². The van der Waals surface area contributed by atoms with Gasteiger partial charge in [-0.25, -0.2) is 8.42 Å². The summed E-state index contributed by atoms with van der Waals surface area (Å²) in [6, 6.07) is 3.97. The topological polar surface area (TPSA) is 78.5 Å². The molecule has 2 rings (SSSR count). The molecule has 116 valence electrons. The maximum Gasteiger partial charge on any atom is 0.244 e. The van der Waals surface area contributed by atoms with Gasteiger partial charge >= 0.3 is 0 Å². The molecule has 6 nitrogen and oxygen atoms in total.